The predicted molar refractivity (Wildman–Crippen MR) is 166 cm³/mol. The van der Waals surface area contributed by atoms with E-state index in [0.29, 0.717) is 33.7 Å². The highest BCUT2D eigenvalue weighted by Crippen LogP contribution is 2.50. The molecule has 1 unspecified atom stereocenters. The van der Waals surface area contributed by atoms with Crippen LogP contribution in [0, 0.1) is 6.92 Å². The fourth-order valence-corrected chi connectivity index (χ4v) is 6.59. The van der Waals surface area contributed by atoms with Gasteiger partial charge < -0.3 is 14.8 Å². The van der Waals surface area contributed by atoms with Crippen LogP contribution in [-0.4, -0.2) is 40.7 Å². The van der Waals surface area contributed by atoms with Crippen LogP contribution in [0.4, 0.5) is 11.5 Å². The van der Waals surface area contributed by atoms with Gasteiger partial charge in [0, 0.05) is 16.7 Å². The zero-order valence-electron chi connectivity index (χ0n) is 23.8. The first-order valence-corrected chi connectivity index (χ1v) is 15.1. The molecule has 6 rings (SSSR count). The molecule has 4 aromatic rings. The van der Waals surface area contributed by atoms with Crippen LogP contribution >= 0.6 is 23.4 Å². The van der Waals surface area contributed by atoms with E-state index in [9.17, 15) is 9.59 Å². The molecule has 3 heterocycles. The first kappa shape index (κ1) is 28.2. The van der Waals surface area contributed by atoms with Crippen molar-refractivity contribution in [3.63, 3.8) is 0 Å². The van der Waals surface area contributed by atoms with Crippen LogP contribution in [0.1, 0.15) is 48.4 Å². The second-order valence-corrected chi connectivity index (χ2v) is 12.9. The van der Waals surface area contributed by atoms with Crippen molar-refractivity contribution in [2.75, 3.05) is 29.3 Å². The maximum absolute atomic E-state index is 13.9. The molecule has 0 spiro atoms. The Morgan fingerprint density at radius 2 is 1.81 bits per heavy atom. The van der Waals surface area contributed by atoms with Crippen molar-refractivity contribution in [1.29, 1.82) is 0 Å². The third kappa shape index (κ3) is 5.34. The van der Waals surface area contributed by atoms with Gasteiger partial charge in [0.15, 0.2) is 11.5 Å². The van der Waals surface area contributed by atoms with Gasteiger partial charge in [-0.2, -0.15) is 5.10 Å². The van der Waals surface area contributed by atoms with Crippen molar-refractivity contribution in [3.8, 4) is 17.2 Å². The number of amides is 2. The zero-order chi connectivity index (χ0) is 29.6. The van der Waals surface area contributed by atoms with Crippen molar-refractivity contribution in [2.45, 2.75) is 38.4 Å². The molecule has 0 saturated carbocycles. The average Bonchev–Trinajstić information content (AvgIpc) is 3.55. The lowest BCUT2D eigenvalue weighted by molar-refractivity contribution is -0.120. The molecular weight excluding hydrogens is 572 g/mol. The number of nitrogens with zero attached hydrogens (tertiary/aromatic N) is 3. The number of carbonyl (C=O) groups is 2. The number of carbonyl (C=O) groups excluding carboxylic acids is 2. The van der Waals surface area contributed by atoms with Crippen LogP contribution in [0.25, 0.3) is 5.69 Å². The van der Waals surface area contributed by atoms with Gasteiger partial charge in [0.2, 0.25) is 18.6 Å². The van der Waals surface area contributed by atoms with Gasteiger partial charge in [-0.15, -0.1) is 11.8 Å². The number of aryl methyl sites for hydroxylation is 1. The lowest BCUT2D eigenvalue weighted by atomic mass is 9.87. The Morgan fingerprint density at radius 3 is 2.55 bits per heavy atom. The van der Waals surface area contributed by atoms with E-state index in [1.807, 2.05) is 67.6 Å². The summed E-state index contributed by atoms with van der Waals surface area (Å²) in [6.07, 6.45) is 0. The van der Waals surface area contributed by atoms with E-state index in [-0.39, 0.29) is 36.2 Å². The summed E-state index contributed by atoms with van der Waals surface area (Å²) in [7, 11) is 0. The van der Waals surface area contributed by atoms with Gasteiger partial charge in [-0.3, -0.25) is 14.5 Å². The highest BCUT2D eigenvalue weighted by atomic mass is 35.5. The Balaban J connectivity index is 1.53. The summed E-state index contributed by atoms with van der Waals surface area (Å²) < 4.78 is 13.0. The van der Waals surface area contributed by atoms with Gasteiger partial charge in [-0.25, -0.2) is 4.68 Å². The van der Waals surface area contributed by atoms with Gasteiger partial charge in [-0.1, -0.05) is 68.3 Å². The van der Waals surface area contributed by atoms with Crippen LogP contribution in [0.2, 0.25) is 5.02 Å². The van der Waals surface area contributed by atoms with Gasteiger partial charge >= 0.3 is 0 Å². The molecule has 8 nitrogen and oxygen atoms in total. The van der Waals surface area contributed by atoms with E-state index in [1.54, 1.807) is 15.6 Å². The number of hydrogen-bond donors (Lipinski definition) is 1. The predicted octanol–water partition coefficient (Wildman–Crippen LogP) is 6.67. The third-order valence-corrected chi connectivity index (χ3v) is 8.79. The van der Waals surface area contributed by atoms with Crippen LogP contribution in [0.15, 0.2) is 66.7 Å². The molecule has 3 aromatic carbocycles. The normalized spacial score (nSPS) is 16.3. The van der Waals surface area contributed by atoms with E-state index in [2.05, 4.69) is 26.1 Å². The molecule has 1 aromatic heterocycles. The van der Waals surface area contributed by atoms with E-state index in [4.69, 9.17) is 26.2 Å². The van der Waals surface area contributed by atoms with E-state index >= 15 is 0 Å². The Bertz CT molecular complexity index is 1680. The number of fused-ring (bicyclic) bond motifs is 2. The summed E-state index contributed by atoms with van der Waals surface area (Å²) in [6, 6.07) is 20.8. The lowest BCUT2D eigenvalue weighted by Gasteiger charge is -2.24. The van der Waals surface area contributed by atoms with Crippen LogP contribution in [0.5, 0.6) is 11.5 Å². The Hall–Kier alpha value is -3.95. The largest absolute Gasteiger partial charge is 0.454 e. The number of para-hydroxylation sites is 1. The smallest absolute Gasteiger partial charge is 0.244 e. The van der Waals surface area contributed by atoms with Gasteiger partial charge in [0.1, 0.15) is 12.4 Å². The molecule has 0 aliphatic carbocycles. The minimum atomic E-state index is -0.394. The summed E-state index contributed by atoms with van der Waals surface area (Å²) >= 11 is 8.22. The fourth-order valence-electron chi connectivity index (χ4n) is 5.19. The molecule has 216 valence electrons. The molecule has 0 radical (unpaired) electrons. The molecule has 1 N–H and O–H groups in total. The molecule has 0 bridgehead atoms. The monoisotopic (exact) mass is 602 g/mol. The van der Waals surface area contributed by atoms with E-state index in [0.717, 1.165) is 22.4 Å². The number of hydrogen-bond acceptors (Lipinski definition) is 6. The first-order valence-electron chi connectivity index (χ1n) is 13.7. The van der Waals surface area contributed by atoms with Crippen molar-refractivity contribution < 1.29 is 19.1 Å². The molecule has 1 atom stereocenters. The molecule has 10 heteroatoms. The average molecular weight is 603 g/mol. The van der Waals surface area contributed by atoms with Crippen molar-refractivity contribution in [3.05, 3.63) is 94.1 Å². The summed E-state index contributed by atoms with van der Waals surface area (Å²) in [6.45, 7) is 8.24. The number of aromatic nitrogens is 2. The number of rotatable bonds is 5. The SMILES string of the molecule is Cc1ccc(NC(=O)CN2C(=O)CSC(c3ccc4c(c3)OCO4)c3c(C(C)(C)C)nn(-c4ccccc4Cl)c32)cc1. The summed E-state index contributed by atoms with van der Waals surface area (Å²) in [5, 5.41) is 8.26. The zero-order valence-corrected chi connectivity index (χ0v) is 25.4. The fraction of sp³-hybridized carbons (Fsp3) is 0.281. The highest BCUT2D eigenvalue weighted by Gasteiger charge is 2.40. The Kier molecular flexibility index (Phi) is 7.41. The minimum absolute atomic E-state index is 0.164. The summed E-state index contributed by atoms with van der Waals surface area (Å²) in [5.41, 5.74) is 4.61. The number of anilines is 2. The van der Waals surface area contributed by atoms with Gasteiger partial charge in [0.05, 0.1) is 27.4 Å². The van der Waals surface area contributed by atoms with E-state index < -0.39 is 5.41 Å². The maximum atomic E-state index is 13.9. The molecule has 2 aliphatic rings. The van der Waals surface area contributed by atoms with Crippen LogP contribution < -0.4 is 19.7 Å². The quantitative estimate of drug-likeness (QED) is 0.275. The number of thioether (sulfide) groups is 1. The Labute approximate surface area is 253 Å². The minimum Gasteiger partial charge on any atom is -0.454 e. The first-order chi connectivity index (χ1) is 20.1. The second-order valence-electron chi connectivity index (χ2n) is 11.4. The second kappa shape index (κ2) is 11.0. The molecule has 2 amide bonds. The molecule has 0 fully saturated rings. The van der Waals surface area contributed by atoms with Gasteiger partial charge in [0.25, 0.3) is 0 Å². The third-order valence-electron chi connectivity index (χ3n) is 7.22. The lowest BCUT2D eigenvalue weighted by Crippen LogP contribution is -2.40. The number of ether oxygens (including phenoxy) is 2. The summed E-state index contributed by atoms with van der Waals surface area (Å²) in [5.74, 6) is 1.54. The number of benzene rings is 3. The molecule has 42 heavy (non-hydrogen) atoms. The standard InChI is InChI=1S/C32H31ClN4O4S/c1-19-9-12-21(13-10-19)34-26(38)16-36-27(39)17-42-29(20-11-14-24-25(15-20)41-18-40-24)28-30(32(2,3)4)35-37(31(28)36)23-8-6-5-7-22(23)33/h5-15,29H,16-18H2,1-4H3,(H,34,38). The number of nitrogens with one attached hydrogen (secondary N) is 1. The van der Waals surface area contributed by atoms with Crippen molar-refractivity contribution in [1.82, 2.24) is 9.78 Å². The molecule has 0 saturated heterocycles. The highest BCUT2D eigenvalue weighted by molar-refractivity contribution is 8.00. The molecular formula is C32H31ClN4O4S. The molecule has 2 aliphatic heterocycles. The Morgan fingerprint density at radius 1 is 1.07 bits per heavy atom. The topological polar surface area (TPSA) is 85.7 Å². The van der Waals surface area contributed by atoms with Crippen molar-refractivity contribution >= 4 is 46.7 Å². The number of halogens is 1. The van der Waals surface area contributed by atoms with Crippen LogP contribution in [-0.2, 0) is 15.0 Å². The van der Waals surface area contributed by atoms with Gasteiger partial charge in [-0.05, 0) is 48.9 Å². The van der Waals surface area contributed by atoms with E-state index in [1.165, 1.54) is 11.8 Å². The van der Waals surface area contributed by atoms with Crippen LogP contribution in [0.3, 0.4) is 0 Å². The maximum Gasteiger partial charge on any atom is 0.244 e. The van der Waals surface area contributed by atoms with Crippen molar-refractivity contribution in [2.24, 2.45) is 0 Å². The summed E-state index contributed by atoms with van der Waals surface area (Å²) in [4.78, 5) is 28.9.